The van der Waals surface area contributed by atoms with Crippen LogP contribution < -0.4 is 17.7 Å². The van der Waals surface area contributed by atoms with Crippen LogP contribution in [0.5, 0.6) is 0 Å². The van der Waals surface area contributed by atoms with E-state index in [4.69, 9.17) is 32.7 Å². The molecule has 1 heterocycles. The molecule has 0 aliphatic carbocycles. The Hall–Kier alpha value is -0.710. The van der Waals surface area contributed by atoms with E-state index in [1.165, 1.54) is 0 Å². The Labute approximate surface area is 140 Å². The van der Waals surface area contributed by atoms with Crippen LogP contribution in [0.15, 0.2) is 34.7 Å². The molecule has 2 rings (SSSR count). The zero-order chi connectivity index (χ0) is 14.5. The summed E-state index contributed by atoms with van der Waals surface area (Å²) >= 11 is 12.1. The largest absolute Gasteiger partial charge is 1.00 e. The fourth-order valence-corrected chi connectivity index (χ4v) is 2.27. The fourth-order valence-electron chi connectivity index (χ4n) is 1.89. The predicted octanol–water partition coefficient (Wildman–Crippen LogP) is 1.12. The molecule has 0 saturated heterocycles. The van der Waals surface area contributed by atoms with E-state index >= 15 is 0 Å². The second-order valence-electron chi connectivity index (χ2n) is 4.56. The Morgan fingerprint density at radius 3 is 2.67 bits per heavy atom. The molecular formula is C15H17Cl3NO2-. The Kier molecular flexibility index (Phi) is 7.57. The molecule has 0 aliphatic heterocycles. The fraction of sp³-hybridized carbons (Fsp3) is 0.333. The van der Waals surface area contributed by atoms with E-state index in [0.717, 1.165) is 17.7 Å². The van der Waals surface area contributed by atoms with Gasteiger partial charge in [0.1, 0.15) is 11.5 Å². The third-order valence-corrected chi connectivity index (χ3v) is 3.70. The number of nitrogens with one attached hydrogen (secondary N) is 1. The minimum Gasteiger partial charge on any atom is -1.00 e. The number of aliphatic hydroxyl groups is 1. The standard InChI is InChI=1S/C15H17Cl2NO2.ClH/c1-2-11(9-19)18-8-12-4-6-15(20-12)13-7-10(16)3-5-14(13)17;/h3-7,11,18-19H,2,8-9H2,1H3;1H/p-1. The van der Waals surface area contributed by atoms with Crippen molar-refractivity contribution in [1.82, 2.24) is 5.32 Å². The summed E-state index contributed by atoms with van der Waals surface area (Å²) in [6.45, 7) is 2.70. The summed E-state index contributed by atoms with van der Waals surface area (Å²) in [5.74, 6) is 1.48. The highest BCUT2D eigenvalue weighted by Gasteiger charge is 2.10. The Morgan fingerprint density at radius 1 is 1.24 bits per heavy atom. The van der Waals surface area contributed by atoms with Gasteiger partial charge in [-0.15, -0.1) is 0 Å². The van der Waals surface area contributed by atoms with Gasteiger partial charge in [-0.2, -0.15) is 0 Å². The summed E-state index contributed by atoms with van der Waals surface area (Å²) in [7, 11) is 0. The van der Waals surface area contributed by atoms with Crippen LogP contribution in [-0.2, 0) is 6.54 Å². The molecule has 0 spiro atoms. The highest BCUT2D eigenvalue weighted by molar-refractivity contribution is 6.35. The van der Waals surface area contributed by atoms with Crippen molar-refractivity contribution in [3.05, 3.63) is 46.1 Å². The highest BCUT2D eigenvalue weighted by Crippen LogP contribution is 2.31. The van der Waals surface area contributed by atoms with Gasteiger partial charge in [-0.1, -0.05) is 30.1 Å². The lowest BCUT2D eigenvalue weighted by Gasteiger charge is -2.12. The molecule has 0 radical (unpaired) electrons. The molecular weight excluding hydrogens is 333 g/mol. The van der Waals surface area contributed by atoms with Gasteiger partial charge in [-0.25, -0.2) is 0 Å². The number of furan rings is 1. The van der Waals surface area contributed by atoms with Gasteiger partial charge >= 0.3 is 0 Å². The predicted molar refractivity (Wildman–Crippen MR) is 82.2 cm³/mol. The summed E-state index contributed by atoms with van der Waals surface area (Å²) in [5, 5.41) is 13.6. The minimum absolute atomic E-state index is 0. The lowest BCUT2D eigenvalue weighted by Crippen LogP contribution is -3.00. The van der Waals surface area contributed by atoms with E-state index in [0.29, 0.717) is 22.4 Å². The SMILES string of the molecule is CCC(CO)NCc1ccc(-c2cc(Cl)ccc2Cl)o1.[Cl-]. The number of halogens is 3. The van der Waals surface area contributed by atoms with E-state index in [1.807, 2.05) is 19.1 Å². The van der Waals surface area contributed by atoms with E-state index in [2.05, 4.69) is 5.32 Å². The molecule has 21 heavy (non-hydrogen) atoms. The first kappa shape index (κ1) is 18.3. The first-order valence-corrected chi connectivity index (χ1v) is 7.28. The maximum absolute atomic E-state index is 9.13. The van der Waals surface area contributed by atoms with Crippen LogP contribution >= 0.6 is 23.2 Å². The molecule has 2 aromatic rings. The van der Waals surface area contributed by atoms with Gasteiger partial charge in [-0.05, 0) is 36.8 Å². The normalized spacial score (nSPS) is 12.0. The average molecular weight is 350 g/mol. The van der Waals surface area contributed by atoms with Gasteiger partial charge < -0.3 is 27.2 Å². The minimum atomic E-state index is 0. The second-order valence-corrected chi connectivity index (χ2v) is 5.40. The van der Waals surface area contributed by atoms with Crippen LogP contribution in [0.4, 0.5) is 0 Å². The van der Waals surface area contributed by atoms with E-state index in [1.54, 1.807) is 18.2 Å². The summed E-state index contributed by atoms with van der Waals surface area (Å²) < 4.78 is 5.76. The van der Waals surface area contributed by atoms with Crippen LogP contribution in [0, 0.1) is 0 Å². The number of aliphatic hydroxyl groups excluding tert-OH is 1. The molecule has 2 N–H and O–H groups in total. The number of hydrogen-bond donors (Lipinski definition) is 2. The molecule has 116 valence electrons. The molecule has 0 saturated carbocycles. The molecule has 0 bridgehead atoms. The van der Waals surface area contributed by atoms with Crippen molar-refractivity contribution in [1.29, 1.82) is 0 Å². The molecule has 3 nitrogen and oxygen atoms in total. The molecule has 0 fully saturated rings. The number of rotatable bonds is 6. The number of benzene rings is 1. The molecule has 1 aromatic heterocycles. The van der Waals surface area contributed by atoms with Crippen LogP contribution in [0.2, 0.25) is 10.0 Å². The smallest absolute Gasteiger partial charge is 0.135 e. The maximum Gasteiger partial charge on any atom is 0.135 e. The van der Waals surface area contributed by atoms with Gasteiger partial charge in [0.25, 0.3) is 0 Å². The number of hydrogen-bond acceptors (Lipinski definition) is 3. The van der Waals surface area contributed by atoms with E-state index in [-0.39, 0.29) is 25.1 Å². The Balaban J connectivity index is 0.00000220. The average Bonchev–Trinajstić information content (AvgIpc) is 2.91. The summed E-state index contributed by atoms with van der Waals surface area (Å²) in [5.41, 5.74) is 0.777. The monoisotopic (exact) mass is 348 g/mol. The Morgan fingerprint density at radius 2 is 2.00 bits per heavy atom. The van der Waals surface area contributed by atoms with Crippen molar-refractivity contribution in [3.63, 3.8) is 0 Å². The Bertz CT molecular complexity index is 568. The quantitative estimate of drug-likeness (QED) is 0.821. The van der Waals surface area contributed by atoms with Crippen LogP contribution in [0.1, 0.15) is 19.1 Å². The van der Waals surface area contributed by atoms with Crippen LogP contribution in [-0.4, -0.2) is 17.8 Å². The van der Waals surface area contributed by atoms with Gasteiger partial charge in [0.2, 0.25) is 0 Å². The van der Waals surface area contributed by atoms with Gasteiger partial charge in [-0.3, -0.25) is 0 Å². The van der Waals surface area contributed by atoms with E-state index in [9.17, 15) is 0 Å². The lowest BCUT2D eigenvalue weighted by molar-refractivity contribution is -0.00000553. The van der Waals surface area contributed by atoms with E-state index < -0.39 is 0 Å². The zero-order valence-corrected chi connectivity index (χ0v) is 13.8. The first-order valence-electron chi connectivity index (χ1n) is 6.52. The first-order chi connectivity index (χ1) is 9.63. The van der Waals surface area contributed by atoms with Crippen molar-refractivity contribution < 1.29 is 21.9 Å². The van der Waals surface area contributed by atoms with Gasteiger partial charge in [0.15, 0.2) is 0 Å². The lowest BCUT2D eigenvalue weighted by atomic mass is 10.2. The molecule has 1 atom stereocenters. The van der Waals surface area contributed by atoms with Gasteiger partial charge in [0, 0.05) is 16.6 Å². The topological polar surface area (TPSA) is 45.4 Å². The van der Waals surface area contributed by atoms with Crippen molar-refractivity contribution >= 4 is 23.2 Å². The van der Waals surface area contributed by atoms with Crippen molar-refractivity contribution in [3.8, 4) is 11.3 Å². The summed E-state index contributed by atoms with van der Waals surface area (Å²) in [6.07, 6.45) is 0.865. The molecule has 0 aliphatic rings. The molecule has 1 aromatic carbocycles. The highest BCUT2D eigenvalue weighted by atomic mass is 35.5. The zero-order valence-electron chi connectivity index (χ0n) is 11.6. The summed E-state index contributed by atoms with van der Waals surface area (Å²) in [6, 6.07) is 9.11. The van der Waals surface area contributed by atoms with Crippen molar-refractivity contribution in [2.45, 2.75) is 25.9 Å². The molecule has 6 heteroatoms. The van der Waals surface area contributed by atoms with Gasteiger partial charge in [0.05, 0.1) is 18.2 Å². The molecule has 0 amide bonds. The van der Waals surface area contributed by atoms with Crippen LogP contribution in [0.3, 0.4) is 0 Å². The van der Waals surface area contributed by atoms with Crippen LogP contribution in [0.25, 0.3) is 11.3 Å². The third-order valence-electron chi connectivity index (χ3n) is 3.13. The molecule has 1 unspecified atom stereocenters. The second kappa shape index (κ2) is 8.66. The van der Waals surface area contributed by atoms with Crippen molar-refractivity contribution in [2.24, 2.45) is 0 Å². The maximum atomic E-state index is 9.13. The summed E-state index contributed by atoms with van der Waals surface area (Å²) in [4.78, 5) is 0. The van der Waals surface area contributed by atoms with Crippen molar-refractivity contribution in [2.75, 3.05) is 6.61 Å². The third kappa shape index (κ3) is 4.90.